The Morgan fingerprint density at radius 1 is 0.739 bits per heavy atom. The van der Waals surface area contributed by atoms with E-state index in [-0.39, 0.29) is 51.0 Å². The van der Waals surface area contributed by atoms with Gasteiger partial charge < -0.3 is 46.4 Å². The first kappa shape index (κ1) is 28.8. The van der Waals surface area contributed by atoms with Crippen LogP contribution in [0.2, 0.25) is 13.6 Å². The van der Waals surface area contributed by atoms with Gasteiger partial charge in [0, 0.05) is 13.7 Å². The van der Waals surface area contributed by atoms with Gasteiger partial charge in [-0.2, -0.15) is 0 Å². The molecular formula is C16H30B2Cl2N2Zr. The summed E-state index contributed by atoms with van der Waals surface area (Å²) in [5.41, 5.74) is 0.582. The van der Waals surface area contributed by atoms with E-state index >= 15 is 0 Å². The Kier molecular flexibility index (Phi) is 14.5. The SMILES string of the molecule is CB1[C-]=CCN1C(C)(C)C.CB1[C-]=CCN1C(C)(C)C.[Cl-].[Cl-].[Zr+4]. The van der Waals surface area contributed by atoms with Crippen molar-refractivity contribution < 1.29 is 51.0 Å². The minimum absolute atomic E-state index is 0. The Hall–Kier alpha value is 0.993. The quantitative estimate of drug-likeness (QED) is 0.302. The zero-order valence-electron chi connectivity index (χ0n) is 15.9. The standard InChI is InChI=1S/2C8H15BN.2ClH.Zr/c2*1-8(2,3)10-7-5-6-9(10)4;;;/h2*5H,7H2,1-4H3;2*1H;/q2*-1;;;+4/p-2. The number of hydrogen-bond donors (Lipinski definition) is 0. The van der Waals surface area contributed by atoms with Gasteiger partial charge in [0.2, 0.25) is 0 Å². The Bertz CT molecular complexity index is 343. The summed E-state index contributed by atoms with van der Waals surface area (Å²) in [5, 5.41) is 0. The van der Waals surface area contributed by atoms with Gasteiger partial charge in [-0.15, -0.1) is 0 Å². The van der Waals surface area contributed by atoms with E-state index in [0.29, 0.717) is 24.8 Å². The smallest absolute Gasteiger partial charge is 1.00 e. The Morgan fingerprint density at radius 2 is 1.00 bits per heavy atom. The van der Waals surface area contributed by atoms with Crippen molar-refractivity contribution in [2.75, 3.05) is 13.1 Å². The van der Waals surface area contributed by atoms with Crippen LogP contribution in [0.25, 0.3) is 0 Å². The Labute approximate surface area is 177 Å². The van der Waals surface area contributed by atoms with Crippen LogP contribution in [0.5, 0.6) is 0 Å². The van der Waals surface area contributed by atoms with E-state index in [4.69, 9.17) is 0 Å². The third kappa shape index (κ3) is 9.31. The summed E-state index contributed by atoms with van der Waals surface area (Å²) in [6.07, 6.45) is 4.24. The molecule has 0 aromatic carbocycles. The van der Waals surface area contributed by atoms with E-state index in [9.17, 15) is 0 Å². The first-order valence-electron chi connectivity index (χ1n) is 7.72. The Balaban J connectivity index is -0.000000308. The molecule has 0 saturated heterocycles. The molecule has 0 fully saturated rings. The molecule has 0 bridgehead atoms. The topological polar surface area (TPSA) is 6.48 Å². The average molecular weight is 434 g/mol. The summed E-state index contributed by atoms with van der Waals surface area (Å²) in [6.45, 7) is 20.9. The fraction of sp³-hybridized carbons (Fsp3) is 0.750. The van der Waals surface area contributed by atoms with Crippen LogP contribution in [0.1, 0.15) is 41.5 Å². The molecule has 2 nitrogen and oxygen atoms in total. The van der Waals surface area contributed by atoms with Crippen molar-refractivity contribution in [3.8, 4) is 0 Å². The molecule has 2 rings (SSSR count). The normalized spacial score (nSPS) is 17.9. The van der Waals surface area contributed by atoms with E-state index < -0.39 is 0 Å². The van der Waals surface area contributed by atoms with Crippen molar-refractivity contribution in [2.24, 2.45) is 0 Å². The van der Waals surface area contributed by atoms with Crippen molar-refractivity contribution in [3.63, 3.8) is 0 Å². The largest absolute Gasteiger partial charge is 4.00 e. The number of halogens is 2. The van der Waals surface area contributed by atoms with Crippen molar-refractivity contribution in [2.45, 2.75) is 66.3 Å². The van der Waals surface area contributed by atoms with Gasteiger partial charge in [-0.05, 0) is 65.7 Å². The fourth-order valence-corrected chi connectivity index (χ4v) is 2.85. The van der Waals surface area contributed by atoms with Gasteiger partial charge in [-0.3, -0.25) is 12.2 Å². The van der Waals surface area contributed by atoms with Crippen LogP contribution in [0.4, 0.5) is 0 Å². The summed E-state index contributed by atoms with van der Waals surface area (Å²) >= 11 is 0. The second-order valence-corrected chi connectivity index (χ2v) is 7.74. The third-order valence-corrected chi connectivity index (χ3v) is 3.95. The van der Waals surface area contributed by atoms with Crippen molar-refractivity contribution in [3.05, 3.63) is 24.1 Å². The summed E-state index contributed by atoms with van der Waals surface area (Å²) < 4.78 is 0. The van der Waals surface area contributed by atoms with E-state index in [1.807, 2.05) is 0 Å². The van der Waals surface area contributed by atoms with Crippen molar-refractivity contribution in [1.29, 1.82) is 0 Å². The number of rotatable bonds is 0. The third-order valence-electron chi connectivity index (χ3n) is 3.95. The van der Waals surface area contributed by atoms with Crippen LogP contribution in [0.15, 0.2) is 12.2 Å². The maximum atomic E-state index is 3.28. The molecule has 0 spiro atoms. The molecule has 23 heavy (non-hydrogen) atoms. The molecule has 128 valence electrons. The molecule has 0 amide bonds. The predicted molar refractivity (Wildman–Crippen MR) is 91.8 cm³/mol. The molecular weight excluding hydrogens is 404 g/mol. The van der Waals surface area contributed by atoms with Crippen LogP contribution in [0, 0.1) is 12.0 Å². The van der Waals surface area contributed by atoms with Gasteiger partial charge in [0.15, 0.2) is 0 Å². The monoisotopic (exact) mass is 432 g/mol. The number of hydrogen-bond acceptors (Lipinski definition) is 2. The van der Waals surface area contributed by atoms with E-state index in [1.165, 1.54) is 0 Å². The van der Waals surface area contributed by atoms with E-state index in [1.54, 1.807) is 0 Å². The number of nitrogens with zero attached hydrogens (tertiary/aromatic N) is 2. The molecule has 0 saturated carbocycles. The minimum Gasteiger partial charge on any atom is -1.00 e. The van der Waals surface area contributed by atoms with Gasteiger partial charge >= 0.3 is 26.2 Å². The summed E-state index contributed by atoms with van der Waals surface area (Å²) in [6, 6.07) is 0. The van der Waals surface area contributed by atoms with Crippen LogP contribution in [0.3, 0.4) is 0 Å². The van der Waals surface area contributed by atoms with Gasteiger partial charge in [0.1, 0.15) is 0 Å². The van der Waals surface area contributed by atoms with Gasteiger partial charge in [0.25, 0.3) is 0 Å². The first-order chi connectivity index (χ1) is 9.03. The fourth-order valence-electron chi connectivity index (χ4n) is 2.85. The molecule has 2 aliphatic heterocycles. The summed E-state index contributed by atoms with van der Waals surface area (Å²) in [5.74, 6) is 6.55. The van der Waals surface area contributed by atoms with Crippen molar-refractivity contribution in [1.82, 2.24) is 9.62 Å². The molecule has 0 N–H and O–H groups in total. The first-order valence-corrected chi connectivity index (χ1v) is 7.72. The zero-order valence-corrected chi connectivity index (χ0v) is 19.8. The van der Waals surface area contributed by atoms with E-state index in [2.05, 4.69) is 88.9 Å². The second-order valence-electron chi connectivity index (χ2n) is 7.74. The molecule has 0 unspecified atom stereocenters. The van der Waals surface area contributed by atoms with Gasteiger partial charge in [-0.1, -0.05) is 13.6 Å². The second kappa shape index (κ2) is 11.6. The summed E-state index contributed by atoms with van der Waals surface area (Å²) in [7, 11) is 0. The average Bonchev–Trinajstić information content (AvgIpc) is 2.85. The zero-order chi connectivity index (χ0) is 15.6. The van der Waals surface area contributed by atoms with Gasteiger partial charge in [-0.25, -0.2) is 0 Å². The van der Waals surface area contributed by atoms with Gasteiger partial charge in [0.05, 0.1) is 0 Å². The van der Waals surface area contributed by atoms with Crippen LogP contribution in [-0.4, -0.2) is 47.5 Å². The van der Waals surface area contributed by atoms with Crippen LogP contribution >= 0.6 is 0 Å². The molecule has 0 aliphatic carbocycles. The molecule has 0 aromatic heterocycles. The maximum Gasteiger partial charge on any atom is 4.00 e. The molecule has 2 aliphatic rings. The Morgan fingerprint density at radius 3 is 1.09 bits per heavy atom. The molecule has 7 heteroatoms. The molecule has 2 heterocycles. The van der Waals surface area contributed by atoms with Crippen molar-refractivity contribution >= 4 is 13.7 Å². The molecule has 0 radical (unpaired) electrons. The van der Waals surface area contributed by atoms with Crippen LogP contribution in [-0.2, 0) is 26.2 Å². The minimum atomic E-state index is 0. The van der Waals surface area contributed by atoms with E-state index in [0.717, 1.165) is 13.1 Å². The predicted octanol–water partition coefficient (Wildman–Crippen LogP) is -2.75. The summed E-state index contributed by atoms with van der Waals surface area (Å²) in [4.78, 5) is 4.85. The van der Waals surface area contributed by atoms with Crippen LogP contribution < -0.4 is 24.8 Å². The molecule has 0 aromatic rings. The maximum absolute atomic E-state index is 3.28. The molecule has 0 atom stereocenters.